The van der Waals surface area contributed by atoms with Gasteiger partial charge < -0.3 is 9.64 Å². The van der Waals surface area contributed by atoms with Crippen LogP contribution in [0.5, 0.6) is 5.75 Å². The van der Waals surface area contributed by atoms with E-state index in [1.54, 1.807) is 24.3 Å². The Morgan fingerprint density at radius 1 is 1.19 bits per heavy atom. The fourth-order valence-corrected chi connectivity index (χ4v) is 3.64. The summed E-state index contributed by atoms with van der Waals surface area (Å²) in [5.41, 5.74) is 0.434. The van der Waals surface area contributed by atoms with Crippen molar-refractivity contribution in [2.45, 2.75) is 0 Å². The third kappa shape index (κ3) is 4.06. The summed E-state index contributed by atoms with van der Waals surface area (Å²) in [5.74, 6) is -1.29. The summed E-state index contributed by atoms with van der Waals surface area (Å²) in [7, 11) is 5.27. The Balaban J connectivity index is 2.06. The number of halogens is 2. The maximum atomic E-state index is 14.1. The number of hydrogen-bond donors (Lipinski definition) is 0. The van der Waals surface area contributed by atoms with Crippen LogP contribution in [0.2, 0.25) is 0 Å². The SMILES string of the molecule is COc1ccccc1C(=O)N(CCN(C)C)c1nc2c(F)cc(F)cc2s1. The second-order valence-electron chi connectivity index (χ2n) is 6.19. The van der Waals surface area contributed by atoms with Crippen molar-refractivity contribution < 1.29 is 18.3 Å². The molecular formula is C19H19F2N3O2S. The minimum Gasteiger partial charge on any atom is -0.496 e. The molecule has 142 valence electrons. The number of anilines is 1. The Hall–Kier alpha value is -2.58. The van der Waals surface area contributed by atoms with Crippen molar-refractivity contribution in [2.24, 2.45) is 0 Å². The number of ether oxygens (including phenoxy) is 1. The first-order valence-electron chi connectivity index (χ1n) is 8.26. The number of methoxy groups -OCH3 is 1. The predicted molar refractivity (Wildman–Crippen MR) is 103 cm³/mol. The largest absolute Gasteiger partial charge is 0.496 e. The summed E-state index contributed by atoms with van der Waals surface area (Å²) < 4.78 is 33.2. The van der Waals surface area contributed by atoms with Crippen LogP contribution in [0, 0.1) is 11.6 Å². The Morgan fingerprint density at radius 3 is 2.63 bits per heavy atom. The van der Waals surface area contributed by atoms with Gasteiger partial charge >= 0.3 is 0 Å². The molecule has 0 saturated heterocycles. The summed E-state index contributed by atoms with van der Waals surface area (Å²) >= 11 is 1.08. The summed E-state index contributed by atoms with van der Waals surface area (Å²) in [6.45, 7) is 0.918. The molecule has 0 fully saturated rings. The molecule has 1 aromatic heterocycles. The Labute approximate surface area is 159 Å². The third-order valence-corrected chi connectivity index (χ3v) is 5.01. The second-order valence-corrected chi connectivity index (χ2v) is 7.20. The van der Waals surface area contributed by atoms with Gasteiger partial charge in [0, 0.05) is 19.2 Å². The van der Waals surface area contributed by atoms with Gasteiger partial charge in [0.1, 0.15) is 17.1 Å². The van der Waals surface area contributed by atoms with Gasteiger partial charge in [-0.1, -0.05) is 23.5 Å². The van der Waals surface area contributed by atoms with E-state index in [-0.39, 0.29) is 11.4 Å². The summed E-state index contributed by atoms with van der Waals surface area (Å²) in [4.78, 5) is 20.8. The van der Waals surface area contributed by atoms with Gasteiger partial charge in [0.15, 0.2) is 10.9 Å². The molecule has 27 heavy (non-hydrogen) atoms. The van der Waals surface area contributed by atoms with Crippen molar-refractivity contribution in [1.29, 1.82) is 0 Å². The molecule has 8 heteroatoms. The van der Waals surface area contributed by atoms with Gasteiger partial charge in [-0.3, -0.25) is 9.69 Å². The van der Waals surface area contributed by atoms with Gasteiger partial charge in [-0.2, -0.15) is 0 Å². The molecule has 1 heterocycles. The molecule has 0 radical (unpaired) electrons. The molecule has 3 aromatic rings. The first-order valence-corrected chi connectivity index (χ1v) is 9.07. The van der Waals surface area contributed by atoms with E-state index in [0.29, 0.717) is 34.2 Å². The van der Waals surface area contributed by atoms with E-state index in [2.05, 4.69) is 4.98 Å². The van der Waals surface area contributed by atoms with Gasteiger partial charge in [-0.15, -0.1) is 0 Å². The average Bonchev–Trinajstić information content (AvgIpc) is 3.05. The molecule has 3 rings (SSSR count). The van der Waals surface area contributed by atoms with Gasteiger partial charge in [-0.05, 0) is 32.3 Å². The lowest BCUT2D eigenvalue weighted by atomic mass is 10.1. The molecular weight excluding hydrogens is 372 g/mol. The summed E-state index contributed by atoms with van der Waals surface area (Å²) in [6.07, 6.45) is 0. The molecule has 0 atom stereocenters. The van der Waals surface area contributed by atoms with Gasteiger partial charge in [-0.25, -0.2) is 13.8 Å². The molecule has 1 amide bonds. The number of para-hydroxylation sites is 1. The number of hydrogen-bond acceptors (Lipinski definition) is 5. The van der Waals surface area contributed by atoms with Crippen LogP contribution in [0.3, 0.4) is 0 Å². The number of fused-ring (bicyclic) bond motifs is 1. The Kier molecular flexibility index (Phi) is 5.67. The topological polar surface area (TPSA) is 45.7 Å². The number of thiazole rings is 1. The molecule has 2 aromatic carbocycles. The number of amides is 1. The fourth-order valence-electron chi connectivity index (χ4n) is 2.61. The van der Waals surface area contributed by atoms with Crippen LogP contribution in [0.4, 0.5) is 13.9 Å². The highest BCUT2D eigenvalue weighted by atomic mass is 32.1. The number of carbonyl (C=O) groups excluding carboxylic acids is 1. The van der Waals surface area contributed by atoms with Gasteiger partial charge in [0.25, 0.3) is 5.91 Å². The zero-order chi connectivity index (χ0) is 19.6. The molecule has 0 aliphatic carbocycles. The zero-order valence-corrected chi connectivity index (χ0v) is 16.0. The monoisotopic (exact) mass is 391 g/mol. The van der Waals surface area contributed by atoms with Crippen LogP contribution in [0.25, 0.3) is 10.2 Å². The lowest BCUT2D eigenvalue weighted by Crippen LogP contribution is -2.36. The number of likely N-dealkylation sites (N-methyl/N-ethyl adjacent to an activating group) is 1. The highest BCUT2D eigenvalue weighted by Gasteiger charge is 2.24. The summed E-state index contributed by atoms with van der Waals surface area (Å²) in [5, 5.41) is 0.312. The minimum absolute atomic E-state index is 0.0547. The standard InChI is InChI=1S/C19H19F2N3O2S/c1-23(2)8-9-24(18(25)13-6-4-5-7-15(13)26-3)19-22-17-14(21)10-12(20)11-16(17)27-19/h4-7,10-11H,8-9H2,1-3H3. The number of benzene rings is 2. The highest BCUT2D eigenvalue weighted by molar-refractivity contribution is 7.22. The quantitative estimate of drug-likeness (QED) is 0.641. The number of carbonyl (C=O) groups is 1. The van der Waals surface area contributed by atoms with Gasteiger partial charge in [0.05, 0.1) is 17.4 Å². The maximum absolute atomic E-state index is 14.1. The van der Waals surface area contributed by atoms with Crippen LogP contribution in [0.1, 0.15) is 10.4 Å². The van der Waals surface area contributed by atoms with Crippen LogP contribution in [-0.2, 0) is 0 Å². The second kappa shape index (κ2) is 7.98. The van der Waals surface area contributed by atoms with Crippen molar-refractivity contribution in [1.82, 2.24) is 9.88 Å². The van der Waals surface area contributed by atoms with E-state index in [1.165, 1.54) is 18.1 Å². The zero-order valence-electron chi connectivity index (χ0n) is 15.2. The van der Waals surface area contributed by atoms with E-state index in [4.69, 9.17) is 4.74 Å². The van der Waals surface area contributed by atoms with Crippen molar-refractivity contribution in [3.8, 4) is 5.75 Å². The Bertz CT molecular complexity index is 975. The summed E-state index contributed by atoms with van der Waals surface area (Å²) in [6, 6.07) is 8.89. The highest BCUT2D eigenvalue weighted by Crippen LogP contribution is 2.32. The van der Waals surface area contributed by atoms with E-state index >= 15 is 0 Å². The van der Waals surface area contributed by atoms with Crippen LogP contribution in [-0.4, -0.2) is 50.1 Å². The average molecular weight is 391 g/mol. The van der Waals surface area contributed by atoms with E-state index in [9.17, 15) is 13.6 Å². The third-order valence-electron chi connectivity index (χ3n) is 3.99. The number of rotatable bonds is 6. The number of aromatic nitrogens is 1. The molecule has 0 aliphatic rings. The maximum Gasteiger partial charge on any atom is 0.263 e. The van der Waals surface area contributed by atoms with Crippen LogP contribution >= 0.6 is 11.3 Å². The molecule has 5 nitrogen and oxygen atoms in total. The predicted octanol–water partition coefficient (Wildman–Crippen LogP) is 3.79. The molecule has 0 unspecified atom stereocenters. The Morgan fingerprint density at radius 2 is 1.93 bits per heavy atom. The number of nitrogens with zero attached hydrogens (tertiary/aromatic N) is 3. The molecule has 0 bridgehead atoms. The van der Waals surface area contributed by atoms with Crippen molar-refractivity contribution in [2.75, 3.05) is 39.2 Å². The molecule has 0 N–H and O–H groups in total. The first kappa shape index (κ1) is 19.2. The van der Waals surface area contributed by atoms with E-state index in [1.807, 2.05) is 19.0 Å². The van der Waals surface area contributed by atoms with E-state index in [0.717, 1.165) is 17.4 Å². The molecule has 0 aliphatic heterocycles. The lowest BCUT2D eigenvalue weighted by Gasteiger charge is -2.22. The minimum atomic E-state index is -0.746. The van der Waals surface area contributed by atoms with Crippen molar-refractivity contribution in [3.05, 3.63) is 53.6 Å². The molecule has 0 spiro atoms. The van der Waals surface area contributed by atoms with Crippen molar-refractivity contribution in [3.63, 3.8) is 0 Å². The molecule has 0 saturated carbocycles. The van der Waals surface area contributed by atoms with E-state index < -0.39 is 11.6 Å². The van der Waals surface area contributed by atoms with Crippen LogP contribution in [0.15, 0.2) is 36.4 Å². The first-order chi connectivity index (χ1) is 12.9. The smallest absolute Gasteiger partial charge is 0.263 e. The lowest BCUT2D eigenvalue weighted by molar-refractivity contribution is 0.0982. The normalized spacial score (nSPS) is 11.2. The van der Waals surface area contributed by atoms with Crippen molar-refractivity contribution >= 4 is 32.6 Å². The fraction of sp³-hybridized carbons (Fsp3) is 0.263. The van der Waals surface area contributed by atoms with Crippen LogP contribution < -0.4 is 9.64 Å². The van der Waals surface area contributed by atoms with Gasteiger partial charge in [0.2, 0.25) is 0 Å².